The third-order valence-electron chi connectivity index (χ3n) is 2.81. The van der Waals surface area contributed by atoms with Crippen molar-refractivity contribution in [3.05, 3.63) is 59.4 Å². The van der Waals surface area contributed by atoms with Crippen LogP contribution in [0.3, 0.4) is 0 Å². The molecule has 0 saturated carbocycles. The Bertz CT molecular complexity index is 679. The molecule has 0 aliphatic rings. The Balaban J connectivity index is 2.53. The average Bonchev–Trinajstić information content (AvgIpc) is 2.46. The number of benzene rings is 2. The number of aromatic carboxylic acids is 1. The van der Waals surface area contributed by atoms with Gasteiger partial charge in [0.15, 0.2) is 0 Å². The molecule has 2 rings (SSSR count). The number of methoxy groups -OCH3 is 1. The molecule has 0 bridgehead atoms. The van der Waals surface area contributed by atoms with E-state index in [0.717, 1.165) is 6.07 Å². The number of hydrogen-bond donors (Lipinski definition) is 1. The van der Waals surface area contributed by atoms with E-state index in [0.29, 0.717) is 5.56 Å². The molecule has 2 aromatic rings. The van der Waals surface area contributed by atoms with E-state index in [2.05, 4.69) is 4.74 Å². The van der Waals surface area contributed by atoms with E-state index < -0.39 is 17.8 Å². The molecule has 0 aromatic heterocycles. The van der Waals surface area contributed by atoms with Crippen molar-refractivity contribution in [1.82, 2.24) is 0 Å². The fourth-order valence-corrected chi connectivity index (χ4v) is 1.81. The van der Waals surface area contributed by atoms with Crippen LogP contribution in [0, 0.1) is 5.82 Å². The predicted octanol–water partition coefficient (Wildman–Crippen LogP) is 2.98. The zero-order chi connectivity index (χ0) is 14.7. The van der Waals surface area contributed by atoms with Gasteiger partial charge >= 0.3 is 11.9 Å². The van der Waals surface area contributed by atoms with Gasteiger partial charge in [-0.2, -0.15) is 0 Å². The molecule has 0 radical (unpaired) electrons. The highest BCUT2D eigenvalue weighted by molar-refractivity contribution is 5.92. The summed E-state index contributed by atoms with van der Waals surface area (Å²) in [5.74, 6) is -2.24. The normalized spacial score (nSPS) is 10.1. The van der Waals surface area contributed by atoms with E-state index in [1.165, 1.54) is 31.4 Å². The molecule has 0 aliphatic carbocycles. The van der Waals surface area contributed by atoms with Crippen LogP contribution in [0.15, 0.2) is 42.5 Å². The summed E-state index contributed by atoms with van der Waals surface area (Å²) in [6, 6.07) is 9.66. The Morgan fingerprint density at radius 2 is 1.85 bits per heavy atom. The molecule has 0 fully saturated rings. The van der Waals surface area contributed by atoms with Crippen LogP contribution in [0.25, 0.3) is 11.1 Å². The zero-order valence-corrected chi connectivity index (χ0v) is 10.6. The van der Waals surface area contributed by atoms with E-state index in [1.54, 1.807) is 12.1 Å². The Kier molecular flexibility index (Phi) is 3.79. The molecular formula is C15H11FO4. The van der Waals surface area contributed by atoms with Gasteiger partial charge in [-0.15, -0.1) is 0 Å². The molecule has 102 valence electrons. The van der Waals surface area contributed by atoms with Crippen LogP contribution >= 0.6 is 0 Å². The first kappa shape index (κ1) is 13.7. The quantitative estimate of drug-likeness (QED) is 0.874. The average molecular weight is 274 g/mol. The molecule has 0 amide bonds. The van der Waals surface area contributed by atoms with Gasteiger partial charge in [-0.05, 0) is 35.9 Å². The monoisotopic (exact) mass is 274 g/mol. The van der Waals surface area contributed by atoms with Gasteiger partial charge in [-0.1, -0.05) is 12.1 Å². The number of carboxylic acid groups (broad SMARTS) is 1. The van der Waals surface area contributed by atoms with E-state index in [1.807, 2.05) is 0 Å². The summed E-state index contributed by atoms with van der Waals surface area (Å²) in [5.41, 5.74) is 0.777. The molecule has 0 heterocycles. The van der Waals surface area contributed by atoms with Crippen LogP contribution in [0.4, 0.5) is 4.39 Å². The molecule has 0 aliphatic heterocycles. The van der Waals surface area contributed by atoms with Gasteiger partial charge in [0.25, 0.3) is 0 Å². The largest absolute Gasteiger partial charge is 0.478 e. The smallest absolute Gasteiger partial charge is 0.337 e. The summed E-state index contributed by atoms with van der Waals surface area (Å²) in [4.78, 5) is 22.4. The SMILES string of the molecule is COC(=O)c1cccc(-c2cc(C(=O)O)ccc2F)c1. The maximum atomic E-state index is 13.8. The summed E-state index contributed by atoms with van der Waals surface area (Å²) in [5, 5.41) is 8.93. The van der Waals surface area contributed by atoms with Crippen LogP contribution in [0.5, 0.6) is 0 Å². The lowest BCUT2D eigenvalue weighted by molar-refractivity contribution is 0.0599. The third kappa shape index (κ3) is 2.66. The Morgan fingerprint density at radius 3 is 2.50 bits per heavy atom. The highest BCUT2D eigenvalue weighted by atomic mass is 19.1. The van der Waals surface area contributed by atoms with Gasteiger partial charge in [0.1, 0.15) is 5.82 Å². The molecule has 0 unspecified atom stereocenters. The second kappa shape index (κ2) is 5.52. The van der Waals surface area contributed by atoms with Crippen LogP contribution < -0.4 is 0 Å². The zero-order valence-electron chi connectivity index (χ0n) is 10.6. The van der Waals surface area contributed by atoms with Crippen molar-refractivity contribution < 1.29 is 23.8 Å². The van der Waals surface area contributed by atoms with Gasteiger partial charge in [-0.25, -0.2) is 14.0 Å². The maximum Gasteiger partial charge on any atom is 0.337 e. The minimum Gasteiger partial charge on any atom is -0.478 e. The fourth-order valence-electron chi connectivity index (χ4n) is 1.81. The van der Waals surface area contributed by atoms with Crippen LogP contribution in [0.1, 0.15) is 20.7 Å². The first-order valence-corrected chi connectivity index (χ1v) is 5.74. The summed E-state index contributed by atoms with van der Waals surface area (Å²) in [6.07, 6.45) is 0. The van der Waals surface area contributed by atoms with Gasteiger partial charge in [0.2, 0.25) is 0 Å². The minimum absolute atomic E-state index is 0.0233. The molecule has 5 heteroatoms. The minimum atomic E-state index is -1.14. The molecular weight excluding hydrogens is 263 g/mol. The van der Waals surface area contributed by atoms with Gasteiger partial charge in [0.05, 0.1) is 18.2 Å². The molecule has 4 nitrogen and oxygen atoms in total. The van der Waals surface area contributed by atoms with E-state index >= 15 is 0 Å². The second-order valence-electron chi connectivity index (χ2n) is 4.07. The predicted molar refractivity (Wildman–Crippen MR) is 70.1 cm³/mol. The highest BCUT2D eigenvalue weighted by Crippen LogP contribution is 2.25. The molecule has 0 atom stereocenters. The summed E-state index contributed by atoms with van der Waals surface area (Å²) in [6.45, 7) is 0. The summed E-state index contributed by atoms with van der Waals surface area (Å²) >= 11 is 0. The van der Waals surface area contributed by atoms with Crippen molar-refractivity contribution >= 4 is 11.9 Å². The molecule has 2 aromatic carbocycles. The lowest BCUT2D eigenvalue weighted by atomic mass is 10.0. The third-order valence-corrected chi connectivity index (χ3v) is 2.81. The number of hydrogen-bond acceptors (Lipinski definition) is 3. The molecule has 1 N–H and O–H groups in total. The Hall–Kier alpha value is -2.69. The van der Waals surface area contributed by atoms with Crippen molar-refractivity contribution in [3.63, 3.8) is 0 Å². The van der Waals surface area contributed by atoms with Crippen LogP contribution in [-0.2, 0) is 4.74 Å². The topological polar surface area (TPSA) is 63.6 Å². The van der Waals surface area contributed by atoms with E-state index in [9.17, 15) is 14.0 Å². The number of halogens is 1. The lowest BCUT2D eigenvalue weighted by Gasteiger charge is -2.07. The summed E-state index contributed by atoms with van der Waals surface area (Å²) in [7, 11) is 1.25. The standard InChI is InChI=1S/C15H11FO4/c1-20-15(19)11-4-2-3-9(7-11)12-8-10(14(17)18)5-6-13(12)16/h2-8H,1H3,(H,17,18). The Labute approximate surface area is 114 Å². The fraction of sp³-hybridized carbons (Fsp3) is 0.0667. The molecule has 20 heavy (non-hydrogen) atoms. The maximum absolute atomic E-state index is 13.8. The number of carbonyl (C=O) groups excluding carboxylic acids is 1. The summed E-state index contributed by atoms with van der Waals surface area (Å²) < 4.78 is 18.4. The van der Waals surface area contributed by atoms with Crippen molar-refractivity contribution in [2.45, 2.75) is 0 Å². The number of carboxylic acids is 1. The van der Waals surface area contributed by atoms with Crippen molar-refractivity contribution in [2.75, 3.05) is 7.11 Å². The molecule has 0 spiro atoms. The van der Waals surface area contributed by atoms with Crippen molar-refractivity contribution in [3.8, 4) is 11.1 Å². The highest BCUT2D eigenvalue weighted by Gasteiger charge is 2.12. The Morgan fingerprint density at radius 1 is 1.10 bits per heavy atom. The van der Waals surface area contributed by atoms with Crippen LogP contribution in [-0.4, -0.2) is 24.2 Å². The first-order valence-electron chi connectivity index (χ1n) is 5.74. The number of carbonyl (C=O) groups is 2. The number of ether oxygens (including phenoxy) is 1. The van der Waals surface area contributed by atoms with Crippen molar-refractivity contribution in [2.24, 2.45) is 0 Å². The van der Waals surface area contributed by atoms with E-state index in [-0.39, 0.29) is 16.7 Å². The van der Waals surface area contributed by atoms with Gasteiger partial charge < -0.3 is 9.84 Å². The van der Waals surface area contributed by atoms with Crippen LogP contribution in [0.2, 0.25) is 0 Å². The number of rotatable bonds is 3. The van der Waals surface area contributed by atoms with E-state index in [4.69, 9.17) is 5.11 Å². The second-order valence-corrected chi connectivity index (χ2v) is 4.07. The van der Waals surface area contributed by atoms with Gasteiger partial charge in [0, 0.05) is 5.56 Å². The lowest BCUT2D eigenvalue weighted by Crippen LogP contribution is -2.01. The van der Waals surface area contributed by atoms with Gasteiger partial charge in [-0.3, -0.25) is 0 Å². The molecule has 0 saturated heterocycles. The van der Waals surface area contributed by atoms with Crippen molar-refractivity contribution in [1.29, 1.82) is 0 Å². The first-order chi connectivity index (χ1) is 9.52. The number of esters is 1.